The van der Waals surface area contributed by atoms with E-state index in [0.29, 0.717) is 40.5 Å². The largest absolute Gasteiger partial charge is 0.466 e. The van der Waals surface area contributed by atoms with Crippen LogP contribution in [-0.2, 0) is 19.1 Å². The van der Waals surface area contributed by atoms with Crippen LogP contribution in [0, 0.1) is 11.8 Å². The molecule has 1 N–H and O–H groups in total. The maximum atomic E-state index is 13.6. The lowest BCUT2D eigenvalue weighted by atomic mass is 10.1. The van der Waals surface area contributed by atoms with E-state index in [-0.39, 0.29) is 37.9 Å². The molecule has 2 aromatic rings. The van der Waals surface area contributed by atoms with E-state index in [4.69, 9.17) is 21.1 Å². The third-order valence-corrected chi connectivity index (χ3v) is 6.19. The van der Waals surface area contributed by atoms with E-state index in [2.05, 4.69) is 17.2 Å². The Hall–Kier alpha value is -4.03. The Morgan fingerprint density at radius 3 is 2.49 bits per heavy atom. The van der Waals surface area contributed by atoms with E-state index in [1.807, 2.05) is 20.8 Å². The lowest BCUT2D eigenvalue weighted by molar-refractivity contribution is -0.143. The molecule has 10 heteroatoms. The number of amides is 3. The van der Waals surface area contributed by atoms with Gasteiger partial charge in [0.05, 0.1) is 24.3 Å². The van der Waals surface area contributed by atoms with Gasteiger partial charge in [0.2, 0.25) is 0 Å². The van der Waals surface area contributed by atoms with E-state index in [0.717, 1.165) is 12.8 Å². The van der Waals surface area contributed by atoms with E-state index in [9.17, 15) is 19.2 Å². The minimum Gasteiger partial charge on any atom is -0.466 e. The summed E-state index contributed by atoms with van der Waals surface area (Å²) in [5.74, 6) is 5.08. The number of nitrogens with one attached hydrogen (secondary N) is 1. The molecule has 1 aliphatic rings. The zero-order valence-corrected chi connectivity index (χ0v) is 24.7. The van der Waals surface area contributed by atoms with Gasteiger partial charge in [0.1, 0.15) is 12.1 Å². The van der Waals surface area contributed by atoms with Crippen molar-refractivity contribution in [1.29, 1.82) is 0 Å². The second kappa shape index (κ2) is 14.6. The number of hydrogen-bond acceptors (Lipinski definition) is 6. The summed E-state index contributed by atoms with van der Waals surface area (Å²) in [6, 6.07) is 11.9. The standard InChI is InChI=1S/C31H36ClN3O6/c1-5-40-28(37)17-19-34-21-27(36)35(24-14-12-23(32)13-15-24)26-16-11-22(20-25(26)29(34)38)10-8-6-7-9-18-33-30(39)41-31(2,3)4/h11-16,20H,5-7,9,17-19,21H2,1-4H3,(H,33,39). The first-order valence-electron chi connectivity index (χ1n) is 13.6. The van der Waals surface area contributed by atoms with Crippen molar-refractivity contribution in [2.45, 2.75) is 59.0 Å². The van der Waals surface area contributed by atoms with Crippen molar-refractivity contribution in [2.75, 3.05) is 31.1 Å². The molecule has 1 aliphatic heterocycles. The molecule has 218 valence electrons. The molecule has 1 heterocycles. The smallest absolute Gasteiger partial charge is 0.407 e. The highest BCUT2D eigenvalue weighted by molar-refractivity contribution is 6.30. The summed E-state index contributed by atoms with van der Waals surface area (Å²) in [5.41, 5.74) is 1.39. The molecule has 41 heavy (non-hydrogen) atoms. The highest BCUT2D eigenvalue weighted by atomic mass is 35.5. The number of fused-ring (bicyclic) bond motifs is 1. The minimum absolute atomic E-state index is 0.0224. The van der Waals surface area contributed by atoms with Crippen LogP contribution in [0.5, 0.6) is 0 Å². The third-order valence-electron chi connectivity index (χ3n) is 5.94. The molecule has 3 rings (SSSR count). The Balaban J connectivity index is 1.76. The molecule has 0 saturated heterocycles. The number of anilines is 2. The maximum Gasteiger partial charge on any atom is 0.407 e. The molecule has 0 saturated carbocycles. The maximum absolute atomic E-state index is 13.6. The van der Waals surface area contributed by atoms with Crippen LogP contribution in [0.3, 0.4) is 0 Å². The number of benzene rings is 2. The van der Waals surface area contributed by atoms with E-state index < -0.39 is 17.7 Å². The van der Waals surface area contributed by atoms with E-state index >= 15 is 0 Å². The fourth-order valence-electron chi connectivity index (χ4n) is 4.11. The number of alkyl carbamates (subject to hydrolysis) is 1. The van der Waals surface area contributed by atoms with Gasteiger partial charge in [-0.25, -0.2) is 4.79 Å². The number of esters is 1. The quantitative estimate of drug-likeness (QED) is 0.239. The first-order valence-corrected chi connectivity index (χ1v) is 14.0. The Morgan fingerprint density at radius 2 is 1.80 bits per heavy atom. The molecular formula is C31H36ClN3O6. The number of unbranched alkanes of at least 4 members (excludes halogenated alkanes) is 2. The highest BCUT2D eigenvalue weighted by Crippen LogP contribution is 2.33. The van der Waals surface area contributed by atoms with Crippen LogP contribution in [-0.4, -0.2) is 60.6 Å². The summed E-state index contributed by atoms with van der Waals surface area (Å²) >= 11 is 6.06. The third kappa shape index (κ3) is 9.54. The van der Waals surface area contributed by atoms with Crippen LogP contribution >= 0.6 is 11.6 Å². The zero-order valence-electron chi connectivity index (χ0n) is 23.9. The lowest BCUT2D eigenvalue weighted by Gasteiger charge is -2.23. The van der Waals surface area contributed by atoms with Crippen LogP contribution in [0.4, 0.5) is 16.2 Å². The minimum atomic E-state index is -0.540. The lowest BCUT2D eigenvalue weighted by Crippen LogP contribution is -2.38. The van der Waals surface area contributed by atoms with Crippen molar-refractivity contribution in [3.05, 3.63) is 58.6 Å². The highest BCUT2D eigenvalue weighted by Gasteiger charge is 2.33. The van der Waals surface area contributed by atoms with Gasteiger partial charge in [0, 0.05) is 35.8 Å². The molecule has 0 bridgehead atoms. The number of rotatable bonds is 9. The average molecular weight is 582 g/mol. The van der Waals surface area contributed by atoms with Gasteiger partial charge in [-0.1, -0.05) is 23.4 Å². The summed E-state index contributed by atoms with van der Waals surface area (Å²) in [6.45, 7) is 7.72. The number of nitrogens with zero attached hydrogens (tertiary/aromatic N) is 2. The van der Waals surface area contributed by atoms with Gasteiger partial charge in [0.25, 0.3) is 11.8 Å². The predicted molar refractivity (Wildman–Crippen MR) is 157 cm³/mol. The van der Waals surface area contributed by atoms with Crippen molar-refractivity contribution >= 4 is 46.9 Å². The topological polar surface area (TPSA) is 105 Å². The van der Waals surface area contributed by atoms with Gasteiger partial charge in [-0.05, 0) is 83.0 Å². The molecular weight excluding hydrogens is 546 g/mol. The summed E-state index contributed by atoms with van der Waals surface area (Å²) in [7, 11) is 0. The molecule has 0 unspecified atom stereocenters. The zero-order chi connectivity index (χ0) is 30.0. The van der Waals surface area contributed by atoms with Gasteiger partial charge in [-0.2, -0.15) is 0 Å². The van der Waals surface area contributed by atoms with Crippen molar-refractivity contribution in [1.82, 2.24) is 10.2 Å². The van der Waals surface area contributed by atoms with Gasteiger partial charge >= 0.3 is 12.1 Å². The van der Waals surface area contributed by atoms with Crippen LogP contribution in [0.1, 0.15) is 69.3 Å². The summed E-state index contributed by atoms with van der Waals surface area (Å²) < 4.78 is 10.2. The van der Waals surface area contributed by atoms with Crippen LogP contribution in [0.25, 0.3) is 0 Å². The van der Waals surface area contributed by atoms with E-state index in [1.165, 1.54) is 9.80 Å². The molecule has 0 spiro atoms. The molecule has 3 amide bonds. The Morgan fingerprint density at radius 1 is 1.07 bits per heavy atom. The summed E-state index contributed by atoms with van der Waals surface area (Å²) in [5, 5.41) is 3.25. The SMILES string of the molecule is CCOC(=O)CCN1CC(=O)N(c2ccc(Cl)cc2)c2ccc(C#CCCCCNC(=O)OC(C)(C)C)cc2C1=O. The van der Waals surface area contributed by atoms with Crippen molar-refractivity contribution in [3.8, 4) is 11.8 Å². The average Bonchev–Trinajstić information content (AvgIpc) is 3.00. The molecule has 0 aliphatic carbocycles. The number of hydrogen-bond donors (Lipinski definition) is 1. The number of carbonyl (C=O) groups excluding carboxylic acids is 4. The Kier molecular flexibility index (Phi) is 11.2. The van der Waals surface area contributed by atoms with Crippen LogP contribution < -0.4 is 10.2 Å². The van der Waals surface area contributed by atoms with Gasteiger partial charge in [-0.3, -0.25) is 19.3 Å². The van der Waals surface area contributed by atoms with Gasteiger partial charge < -0.3 is 19.7 Å². The van der Waals surface area contributed by atoms with Crippen LogP contribution in [0.15, 0.2) is 42.5 Å². The fourth-order valence-corrected chi connectivity index (χ4v) is 4.24. The first-order chi connectivity index (χ1) is 19.5. The van der Waals surface area contributed by atoms with Crippen molar-refractivity contribution in [3.63, 3.8) is 0 Å². The number of carbonyl (C=O) groups is 4. The second-order valence-corrected chi connectivity index (χ2v) is 10.8. The number of halogens is 1. The van der Waals surface area contributed by atoms with Crippen molar-refractivity contribution < 1.29 is 28.7 Å². The normalized spacial score (nSPS) is 13.1. The molecule has 0 fully saturated rings. The van der Waals surface area contributed by atoms with Crippen molar-refractivity contribution in [2.24, 2.45) is 0 Å². The Bertz CT molecular complexity index is 1320. The molecule has 0 radical (unpaired) electrons. The number of ether oxygens (including phenoxy) is 2. The second-order valence-electron chi connectivity index (χ2n) is 10.4. The monoisotopic (exact) mass is 581 g/mol. The molecule has 9 nitrogen and oxygen atoms in total. The van der Waals surface area contributed by atoms with Gasteiger partial charge in [0.15, 0.2) is 0 Å². The molecule has 0 aromatic heterocycles. The summed E-state index contributed by atoms with van der Waals surface area (Å²) in [6.07, 6.45) is 1.64. The fraction of sp³-hybridized carbons (Fsp3) is 0.419. The van der Waals surface area contributed by atoms with Crippen LogP contribution in [0.2, 0.25) is 5.02 Å². The Labute approximate surface area is 246 Å². The molecule has 0 atom stereocenters. The van der Waals surface area contributed by atoms with E-state index in [1.54, 1.807) is 49.4 Å². The van der Waals surface area contributed by atoms with Gasteiger partial charge in [-0.15, -0.1) is 0 Å². The summed E-state index contributed by atoms with van der Waals surface area (Å²) in [4.78, 5) is 53.6. The molecule has 2 aromatic carbocycles. The first kappa shape index (κ1) is 31.5. The predicted octanol–water partition coefficient (Wildman–Crippen LogP) is 5.46.